The third-order valence-corrected chi connectivity index (χ3v) is 6.68. The van der Waals surface area contributed by atoms with Crippen LogP contribution in [0, 0.1) is 12.8 Å². The topological polar surface area (TPSA) is 72.7 Å². The van der Waals surface area contributed by atoms with Crippen LogP contribution in [0.4, 0.5) is 5.69 Å². The third-order valence-electron chi connectivity index (χ3n) is 5.73. The largest absolute Gasteiger partial charge is 0.325 e. The molecule has 1 N–H and O–H groups in total. The number of hydrogen-bond acceptors (Lipinski definition) is 5. The quantitative estimate of drug-likeness (QED) is 0.559. The molecule has 0 bridgehead atoms. The number of rotatable bonds is 6. The van der Waals surface area contributed by atoms with Crippen LogP contribution in [0.5, 0.6) is 0 Å². The lowest BCUT2D eigenvalue weighted by molar-refractivity contribution is -0.113. The Morgan fingerprint density at radius 3 is 2.77 bits per heavy atom. The zero-order valence-corrected chi connectivity index (χ0v) is 18.2. The number of thioether (sulfide) groups is 1. The van der Waals surface area contributed by atoms with Gasteiger partial charge in [-0.15, -0.1) is 10.2 Å². The highest BCUT2D eigenvalue weighted by Gasteiger charge is 2.29. The number of hydrogen-bond donors (Lipinski definition) is 1. The van der Waals surface area contributed by atoms with Gasteiger partial charge < -0.3 is 5.32 Å². The minimum Gasteiger partial charge on any atom is -0.325 e. The number of pyridine rings is 1. The van der Waals surface area contributed by atoms with E-state index in [1.54, 1.807) is 6.20 Å². The minimum absolute atomic E-state index is 0.0385. The van der Waals surface area contributed by atoms with Gasteiger partial charge in [-0.1, -0.05) is 49.7 Å². The van der Waals surface area contributed by atoms with Gasteiger partial charge in [0.05, 0.1) is 5.75 Å². The number of aromatic nitrogens is 4. The van der Waals surface area contributed by atoms with Gasteiger partial charge in [-0.25, -0.2) is 0 Å². The van der Waals surface area contributed by atoms with Gasteiger partial charge >= 0.3 is 0 Å². The van der Waals surface area contributed by atoms with Gasteiger partial charge in [0.1, 0.15) is 0 Å². The van der Waals surface area contributed by atoms with Gasteiger partial charge in [-0.3, -0.25) is 14.3 Å². The SMILES string of the molecule is Cc1ccccc1NC(=O)CSc1nnc(-c2cccnc2)n1[C@H]1CCCC[C@H]1C. The van der Waals surface area contributed by atoms with Gasteiger partial charge in [0.25, 0.3) is 0 Å². The van der Waals surface area contributed by atoms with Crippen molar-refractivity contribution < 1.29 is 4.79 Å². The molecule has 2 aromatic heterocycles. The van der Waals surface area contributed by atoms with Gasteiger partial charge in [-0.2, -0.15) is 0 Å². The molecule has 6 nitrogen and oxygen atoms in total. The van der Waals surface area contributed by atoms with E-state index in [2.05, 4.69) is 32.0 Å². The summed E-state index contributed by atoms with van der Waals surface area (Å²) in [6.45, 7) is 4.29. The van der Waals surface area contributed by atoms with Crippen LogP contribution in [0.15, 0.2) is 53.9 Å². The molecule has 4 rings (SSSR count). The van der Waals surface area contributed by atoms with Gasteiger partial charge in [0, 0.05) is 29.7 Å². The summed E-state index contributed by atoms with van der Waals surface area (Å²) in [7, 11) is 0. The molecule has 1 aliphatic rings. The number of carbonyl (C=O) groups is 1. The Hall–Kier alpha value is -2.67. The molecular weight excluding hydrogens is 394 g/mol. The van der Waals surface area contributed by atoms with E-state index in [0.717, 1.165) is 34.2 Å². The van der Waals surface area contributed by atoms with Crippen LogP contribution < -0.4 is 5.32 Å². The Bertz CT molecular complexity index is 1000. The predicted octanol–water partition coefficient (Wildman–Crippen LogP) is 5.13. The second-order valence-corrected chi connectivity index (χ2v) is 8.84. The van der Waals surface area contributed by atoms with Crippen molar-refractivity contribution in [1.82, 2.24) is 19.7 Å². The molecule has 1 saturated carbocycles. The molecule has 2 heterocycles. The number of nitrogens with zero attached hydrogens (tertiary/aromatic N) is 4. The number of amides is 1. The Kier molecular flexibility index (Phi) is 6.47. The first-order chi connectivity index (χ1) is 14.6. The van der Waals surface area contributed by atoms with Crippen molar-refractivity contribution in [2.45, 2.75) is 50.7 Å². The lowest BCUT2D eigenvalue weighted by Crippen LogP contribution is -2.23. The zero-order valence-electron chi connectivity index (χ0n) is 17.4. The number of nitrogens with one attached hydrogen (secondary N) is 1. The highest BCUT2D eigenvalue weighted by molar-refractivity contribution is 7.99. The Morgan fingerprint density at radius 2 is 2.00 bits per heavy atom. The summed E-state index contributed by atoms with van der Waals surface area (Å²) in [4.78, 5) is 16.8. The molecule has 2 atom stereocenters. The van der Waals surface area contributed by atoms with E-state index in [0.29, 0.717) is 17.7 Å². The maximum Gasteiger partial charge on any atom is 0.234 e. The smallest absolute Gasteiger partial charge is 0.234 e. The number of benzene rings is 1. The molecule has 1 aromatic carbocycles. The summed E-state index contributed by atoms with van der Waals surface area (Å²) in [5.41, 5.74) is 2.86. The van der Waals surface area contributed by atoms with Gasteiger partial charge in [0.2, 0.25) is 5.91 Å². The van der Waals surface area contributed by atoms with Crippen molar-refractivity contribution in [2.75, 3.05) is 11.1 Å². The monoisotopic (exact) mass is 421 g/mol. The van der Waals surface area contributed by atoms with Crippen molar-refractivity contribution in [3.05, 3.63) is 54.4 Å². The first-order valence-corrected chi connectivity index (χ1v) is 11.5. The summed E-state index contributed by atoms with van der Waals surface area (Å²) in [6.07, 6.45) is 8.37. The van der Waals surface area contributed by atoms with E-state index < -0.39 is 0 Å². The molecule has 0 spiro atoms. The maximum atomic E-state index is 12.6. The van der Waals surface area contributed by atoms with Crippen LogP contribution in [-0.4, -0.2) is 31.4 Å². The standard InChI is InChI=1S/C23H27N5OS/c1-16-8-3-5-11-19(16)25-21(29)15-30-23-27-26-22(18-10-7-13-24-14-18)28(23)20-12-6-4-9-17(20)2/h3,5,7-8,10-11,13-14,17,20H,4,6,9,12,15H2,1-2H3,(H,25,29)/t17-,20+/m1/s1. The van der Waals surface area contributed by atoms with Gasteiger partial charge in [0.15, 0.2) is 11.0 Å². The predicted molar refractivity (Wildman–Crippen MR) is 120 cm³/mol. The minimum atomic E-state index is -0.0385. The first kappa shape index (κ1) is 20.6. The van der Waals surface area contributed by atoms with E-state index in [1.807, 2.05) is 49.5 Å². The molecule has 3 aromatic rings. The van der Waals surface area contributed by atoms with Crippen LogP contribution in [0.2, 0.25) is 0 Å². The summed E-state index contributed by atoms with van der Waals surface area (Å²) < 4.78 is 2.24. The molecule has 1 fully saturated rings. The molecule has 0 aliphatic heterocycles. The number of para-hydroxylation sites is 1. The van der Waals surface area contributed by atoms with Crippen molar-refractivity contribution in [1.29, 1.82) is 0 Å². The first-order valence-electron chi connectivity index (χ1n) is 10.5. The fourth-order valence-corrected chi connectivity index (χ4v) is 4.87. The Labute approximate surface area is 181 Å². The zero-order chi connectivity index (χ0) is 20.9. The Morgan fingerprint density at radius 1 is 1.17 bits per heavy atom. The van der Waals surface area contributed by atoms with Gasteiger partial charge in [-0.05, 0) is 49.4 Å². The fourth-order valence-electron chi connectivity index (χ4n) is 4.08. The van der Waals surface area contributed by atoms with Crippen molar-refractivity contribution in [3.8, 4) is 11.4 Å². The average Bonchev–Trinajstić information content (AvgIpc) is 3.18. The van der Waals surface area contributed by atoms with Crippen LogP contribution in [0.3, 0.4) is 0 Å². The number of anilines is 1. The summed E-state index contributed by atoms with van der Waals surface area (Å²) in [6, 6.07) is 12.1. The van der Waals surface area contributed by atoms with Crippen LogP contribution >= 0.6 is 11.8 Å². The molecule has 30 heavy (non-hydrogen) atoms. The van der Waals surface area contributed by atoms with E-state index in [4.69, 9.17) is 0 Å². The van der Waals surface area contributed by atoms with E-state index in [-0.39, 0.29) is 5.91 Å². The Balaban J connectivity index is 1.56. The third kappa shape index (κ3) is 4.56. The maximum absolute atomic E-state index is 12.6. The number of carbonyl (C=O) groups excluding carboxylic acids is 1. The molecule has 1 amide bonds. The van der Waals surface area contributed by atoms with Crippen LogP contribution in [-0.2, 0) is 4.79 Å². The molecule has 156 valence electrons. The van der Waals surface area contributed by atoms with Crippen LogP contribution in [0.25, 0.3) is 11.4 Å². The molecule has 0 radical (unpaired) electrons. The summed E-state index contributed by atoms with van der Waals surface area (Å²) in [5.74, 6) is 1.64. The lowest BCUT2D eigenvalue weighted by atomic mass is 9.85. The second kappa shape index (κ2) is 9.43. The molecule has 7 heteroatoms. The van der Waals surface area contributed by atoms with Crippen LogP contribution in [0.1, 0.15) is 44.2 Å². The number of aryl methyl sites for hydroxylation is 1. The van der Waals surface area contributed by atoms with E-state index in [9.17, 15) is 4.79 Å². The fraction of sp³-hybridized carbons (Fsp3) is 0.391. The second-order valence-electron chi connectivity index (χ2n) is 7.90. The molecule has 0 saturated heterocycles. The van der Waals surface area contributed by atoms with Crippen molar-refractivity contribution in [3.63, 3.8) is 0 Å². The molecular formula is C23H27N5OS. The molecule has 1 aliphatic carbocycles. The average molecular weight is 422 g/mol. The van der Waals surface area contributed by atoms with E-state index in [1.165, 1.54) is 31.0 Å². The molecule has 0 unspecified atom stereocenters. The van der Waals surface area contributed by atoms with Crippen molar-refractivity contribution in [2.24, 2.45) is 5.92 Å². The summed E-state index contributed by atoms with van der Waals surface area (Å²) >= 11 is 1.45. The van der Waals surface area contributed by atoms with E-state index >= 15 is 0 Å². The normalized spacial score (nSPS) is 18.9. The lowest BCUT2D eigenvalue weighted by Gasteiger charge is -2.31. The summed E-state index contributed by atoms with van der Waals surface area (Å²) in [5, 5.41) is 12.8. The highest BCUT2D eigenvalue weighted by Crippen LogP contribution is 2.38. The highest BCUT2D eigenvalue weighted by atomic mass is 32.2. The van der Waals surface area contributed by atoms with Crippen molar-refractivity contribution >= 4 is 23.4 Å².